The van der Waals surface area contributed by atoms with Crippen molar-refractivity contribution < 1.29 is 9.53 Å². The number of rotatable bonds is 3. The minimum absolute atomic E-state index is 0.0392. The van der Waals surface area contributed by atoms with Crippen molar-refractivity contribution in [2.24, 2.45) is 0 Å². The molecule has 0 radical (unpaired) electrons. The molecule has 0 spiro atoms. The lowest BCUT2D eigenvalue weighted by Gasteiger charge is -2.16. The van der Waals surface area contributed by atoms with Gasteiger partial charge in [-0.1, -0.05) is 17.7 Å². The van der Waals surface area contributed by atoms with E-state index in [9.17, 15) is 4.79 Å². The van der Waals surface area contributed by atoms with Crippen LogP contribution in [0.2, 0.25) is 0 Å². The molecule has 2 aromatic carbocycles. The van der Waals surface area contributed by atoms with Crippen LogP contribution in [-0.2, 0) is 0 Å². The van der Waals surface area contributed by atoms with Crippen molar-refractivity contribution in [1.82, 2.24) is 0 Å². The average Bonchev–Trinajstić information content (AvgIpc) is 2.45. The van der Waals surface area contributed by atoms with Gasteiger partial charge in [0.25, 0.3) is 0 Å². The third kappa shape index (κ3) is 2.71. The lowest BCUT2D eigenvalue weighted by Crippen LogP contribution is -2.10. The molecule has 0 unspecified atom stereocenters. The molecule has 2 nitrogen and oxygen atoms in total. The first-order valence-corrected chi connectivity index (χ1v) is 7.13. The van der Waals surface area contributed by atoms with Crippen LogP contribution in [0.5, 0.6) is 5.75 Å². The van der Waals surface area contributed by atoms with Crippen LogP contribution in [0.3, 0.4) is 0 Å². The maximum atomic E-state index is 13.0. The second-order valence-electron chi connectivity index (χ2n) is 5.67. The van der Waals surface area contributed by atoms with E-state index in [1.165, 1.54) is 0 Å². The highest BCUT2D eigenvalue weighted by Crippen LogP contribution is 2.28. The molecule has 2 aromatic rings. The zero-order valence-corrected chi connectivity index (χ0v) is 13.6. The Bertz CT molecular complexity index is 686. The highest BCUT2D eigenvalue weighted by atomic mass is 16.5. The van der Waals surface area contributed by atoms with E-state index in [2.05, 4.69) is 6.07 Å². The molecule has 2 rings (SSSR count). The number of aryl methyl sites for hydroxylation is 3. The first-order valence-electron chi connectivity index (χ1n) is 7.13. The predicted molar refractivity (Wildman–Crippen MR) is 86.6 cm³/mol. The van der Waals surface area contributed by atoms with Gasteiger partial charge in [-0.3, -0.25) is 4.79 Å². The molecule has 0 N–H and O–H groups in total. The summed E-state index contributed by atoms with van der Waals surface area (Å²) in [4.78, 5) is 13.0. The number of carbonyl (C=O) groups excluding carboxylic acids is 1. The molecule has 0 fully saturated rings. The summed E-state index contributed by atoms with van der Waals surface area (Å²) >= 11 is 0. The third-order valence-corrected chi connectivity index (χ3v) is 4.19. The smallest absolute Gasteiger partial charge is 0.197 e. The van der Waals surface area contributed by atoms with Gasteiger partial charge >= 0.3 is 0 Å². The Kier molecular flexibility index (Phi) is 4.17. The van der Waals surface area contributed by atoms with Gasteiger partial charge in [0.2, 0.25) is 0 Å². The fourth-order valence-electron chi connectivity index (χ4n) is 2.69. The van der Waals surface area contributed by atoms with Gasteiger partial charge in [0.05, 0.1) is 12.7 Å². The molecule has 0 amide bonds. The van der Waals surface area contributed by atoms with Crippen LogP contribution in [-0.4, -0.2) is 12.9 Å². The number of benzene rings is 2. The number of carbonyl (C=O) groups is 1. The first-order chi connectivity index (χ1) is 9.86. The zero-order chi connectivity index (χ0) is 15.7. The van der Waals surface area contributed by atoms with Crippen LogP contribution in [0, 0.1) is 34.6 Å². The SMILES string of the molecule is COc1ccc(C)cc1C(=O)c1c(C)c(C)cc(C)c1C. The van der Waals surface area contributed by atoms with Crippen molar-refractivity contribution in [3.05, 3.63) is 63.2 Å². The summed E-state index contributed by atoms with van der Waals surface area (Å²) in [5.41, 5.74) is 6.88. The normalized spacial score (nSPS) is 10.6. The van der Waals surface area contributed by atoms with E-state index in [-0.39, 0.29) is 5.78 Å². The van der Waals surface area contributed by atoms with Gasteiger partial charge in [-0.25, -0.2) is 0 Å². The van der Waals surface area contributed by atoms with Crippen molar-refractivity contribution in [2.75, 3.05) is 7.11 Å². The highest BCUT2D eigenvalue weighted by Gasteiger charge is 2.20. The van der Waals surface area contributed by atoms with Gasteiger partial charge in [-0.05, 0) is 69.0 Å². The standard InChI is InChI=1S/C19H22O2/c1-11-7-8-17(21-6)16(9-11)19(20)18-14(4)12(2)10-13(3)15(18)5/h7-10H,1-6H3. The highest BCUT2D eigenvalue weighted by molar-refractivity contribution is 6.12. The summed E-state index contributed by atoms with van der Waals surface area (Å²) in [5.74, 6) is 0.668. The fraction of sp³-hybridized carbons (Fsp3) is 0.316. The molecule has 2 heteroatoms. The van der Waals surface area contributed by atoms with Gasteiger partial charge in [-0.2, -0.15) is 0 Å². The van der Waals surface area contributed by atoms with E-state index in [1.54, 1.807) is 7.11 Å². The minimum Gasteiger partial charge on any atom is -0.496 e. The topological polar surface area (TPSA) is 26.3 Å². The van der Waals surface area contributed by atoms with Crippen LogP contribution in [0.1, 0.15) is 43.7 Å². The summed E-state index contributed by atoms with van der Waals surface area (Å²) < 4.78 is 5.36. The van der Waals surface area contributed by atoms with Crippen LogP contribution >= 0.6 is 0 Å². The molecular formula is C19H22O2. The van der Waals surface area contributed by atoms with E-state index in [0.29, 0.717) is 11.3 Å². The number of ether oxygens (including phenoxy) is 1. The lowest BCUT2D eigenvalue weighted by atomic mass is 9.89. The molecule has 0 saturated heterocycles. The molecule has 0 heterocycles. The average molecular weight is 282 g/mol. The first kappa shape index (κ1) is 15.3. The molecule has 0 aromatic heterocycles. The molecule has 0 aliphatic rings. The maximum absolute atomic E-state index is 13.0. The van der Waals surface area contributed by atoms with E-state index in [1.807, 2.05) is 52.8 Å². The van der Waals surface area contributed by atoms with Crippen LogP contribution in [0.15, 0.2) is 24.3 Å². The third-order valence-electron chi connectivity index (χ3n) is 4.19. The van der Waals surface area contributed by atoms with Gasteiger partial charge in [0.15, 0.2) is 5.78 Å². The van der Waals surface area contributed by atoms with Crippen molar-refractivity contribution in [2.45, 2.75) is 34.6 Å². The van der Waals surface area contributed by atoms with E-state index >= 15 is 0 Å². The summed E-state index contributed by atoms with van der Waals surface area (Å²) in [6.45, 7) is 10.1. The zero-order valence-electron chi connectivity index (χ0n) is 13.6. The molecule has 110 valence electrons. The number of ketones is 1. The van der Waals surface area contributed by atoms with E-state index in [0.717, 1.165) is 33.4 Å². The largest absolute Gasteiger partial charge is 0.496 e. The van der Waals surface area contributed by atoms with Gasteiger partial charge in [0, 0.05) is 5.56 Å². The Hall–Kier alpha value is -2.09. The Morgan fingerprint density at radius 1 is 0.905 bits per heavy atom. The summed E-state index contributed by atoms with van der Waals surface area (Å²) in [6.07, 6.45) is 0. The van der Waals surface area contributed by atoms with Gasteiger partial charge < -0.3 is 4.74 Å². The second-order valence-corrected chi connectivity index (χ2v) is 5.67. The monoisotopic (exact) mass is 282 g/mol. The molecule has 0 aliphatic carbocycles. The number of hydrogen-bond donors (Lipinski definition) is 0. The second kappa shape index (κ2) is 5.72. The van der Waals surface area contributed by atoms with Crippen molar-refractivity contribution >= 4 is 5.78 Å². The molecule has 0 aliphatic heterocycles. The summed E-state index contributed by atoms with van der Waals surface area (Å²) in [5, 5.41) is 0. The molecule has 0 bridgehead atoms. The van der Waals surface area contributed by atoms with Crippen molar-refractivity contribution in [1.29, 1.82) is 0 Å². The summed E-state index contributed by atoms with van der Waals surface area (Å²) in [7, 11) is 1.60. The molecule has 0 saturated carbocycles. The van der Waals surface area contributed by atoms with Crippen LogP contribution in [0.4, 0.5) is 0 Å². The van der Waals surface area contributed by atoms with Crippen LogP contribution < -0.4 is 4.74 Å². The lowest BCUT2D eigenvalue weighted by molar-refractivity contribution is 0.103. The van der Waals surface area contributed by atoms with Gasteiger partial charge in [0.1, 0.15) is 5.75 Å². The molecule has 0 atom stereocenters. The Morgan fingerprint density at radius 3 is 2.00 bits per heavy atom. The Balaban J connectivity index is 2.69. The van der Waals surface area contributed by atoms with E-state index < -0.39 is 0 Å². The maximum Gasteiger partial charge on any atom is 0.197 e. The predicted octanol–water partition coefficient (Wildman–Crippen LogP) is 4.47. The number of methoxy groups -OCH3 is 1. The van der Waals surface area contributed by atoms with Crippen molar-refractivity contribution in [3.8, 4) is 5.75 Å². The summed E-state index contributed by atoms with van der Waals surface area (Å²) in [6, 6.07) is 7.85. The Morgan fingerprint density at radius 2 is 1.48 bits per heavy atom. The quantitative estimate of drug-likeness (QED) is 0.776. The number of hydrogen-bond acceptors (Lipinski definition) is 2. The van der Waals surface area contributed by atoms with Gasteiger partial charge in [-0.15, -0.1) is 0 Å². The fourth-order valence-corrected chi connectivity index (χ4v) is 2.69. The Labute approximate surface area is 126 Å². The molecule has 21 heavy (non-hydrogen) atoms. The van der Waals surface area contributed by atoms with Crippen molar-refractivity contribution in [3.63, 3.8) is 0 Å². The minimum atomic E-state index is 0.0392. The van der Waals surface area contributed by atoms with Crippen LogP contribution in [0.25, 0.3) is 0 Å². The van der Waals surface area contributed by atoms with E-state index in [4.69, 9.17) is 4.74 Å². The molecular weight excluding hydrogens is 260 g/mol.